The third kappa shape index (κ3) is 4.67. The van der Waals surface area contributed by atoms with Gasteiger partial charge in [-0.25, -0.2) is 4.98 Å². The lowest BCUT2D eigenvalue weighted by molar-refractivity contribution is -0.128. The number of ether oxygens (including phenoxy) is 3. The van der Waals surface area contributed by atoms with Crippen molar-refractivity contribution in [2.24, 2.45) is 0 Å². The van der Waals surface area contributed by atoms with E-state index in [-0.39, 0.29) is 0 Å². The summed E-state index contributed by atoms with van der Waals surface area (Å²) in [6.07, 6.45) is 1.77. The number of rotatable bonds is 5. The van der Waals surface area contributed by atoms with Gasteiger partial charge in [0.1, 0.15) is 0 Å². The van der Waals surface area contributed by atoms with E-state index in [1.165, 1.54) is 0 Å². The highest BCUT2D eigenvalue weighted by Gasteiger charge is 2.09. The van der Waals surface area contributed by atoms with E-state index in [2.05, 4.69) is 14.7 Å². The van der Waals surface area contributed by atoms with Gasteiger partial charge in [-0.2, -0.15) is 0 Å². The molecule has 6 heteroatoms. The summed E-state index contributed by atoms with van der Waals surface area (Å²) in [5, 5.41) is 0. The molecule has 0 radical (unpaired) electrons. The monoisotopic (exact) mass is 340 g/mol. The molecule has 1 heterocycles. The first-order valence-corrected chi connectivity index (χ1v) is 7.73. The summed E-state index contributed by atoms with van der Waals surface area (Å²) in [5.74, 6) is 1.31. The van der Waals surface area contributed by atoms with Gasteiger partial charge in [0.2, 0.25) is 0 Å². The Balaban J connectivity index is 0.000000399. The van der Waals surface area contributed by atoms with E-state index in [9.17, 15) is 4.79 Å². The average molecular weight is 340 g/mol. The average Bonchev–Trinajstić information content (AvgIpc) is 2.68. The van der Waals surface area contributed by atoms with Crippen LogP contribution in [0.1, 0.15) is 6.92 Å². The molecule has 1 aromatic heterocycles. The normalized spacial score (nSPS) is 9.72. The molecular formula is C19H20N2O4. The molecule has 0 fully saturated rings. The van der Waals surface area contributed by atoms with Crippen molar-refractivity contribution >= 4 is 17.5 Å². The van der Waals surface area contributed by atoms with Crippen molar-refractivity contribution in [2.45, 2.75) is 6.92 Å². The third-order valence-corrected chi connectivity index (χ3v) is 3.35. The van der Waals surface area contributed by atoms with Gasteiger partial charge in [-0.3, -0.25) is 9.78 Å². The van der Waals surface area contributed by atoms with Crippen LogP contribution in [0.4, 0.5) is 0 Å². The predicted octanol–water partition coefficient (Wildman–Crippen LogP) is 3.49. The lowest BCUT2D eigenvalue weighted by Crippen LogP contribution is -1.94. The van der Waals surface area contributed by atoms with E-state index in [1.807, 2.05) is 42.5 Å². The summed E-state index contributed by atoms with van der Waals surface area (Å²) in [7, 11) is 3.22. The van der Waals surface area contributed by atoms with Crippen molar-refractivity contribution < 1.29 is 19.0 Å². The molecule has 0 aliphatic rings. The molecule has 6 nitrogen and oxygen atoms in total. The van der Waals surface area contributed by atoms with E-state index in [0.29, 0.717) is 24.6 Å². The molecule has 0 unspecified atom stereocenters. The maximum Gasteiger partial charge on any atom is 0.293 e. The van der Waals surface area contributed by atoms with Crippen LogP contribution < -0.4 is 9.47 Å². The molecular weight excluding hydrogens is 320 g/mol. The van der Waals surface area contributed by atoms with Crippen molar-refractivity contribution in [3.8, 4) is 22.8 Å². The number of carbonyl (C=O) groups is 1. The molecule has 25 heavy (non-hydrogen) atoms. The second kappa shape index (κ2) is 9.22. The van der Waals surface area contributed by atoms with Crippen LogP contribution in [0.5, 0.6) is 11.5 Å². The largest absolute Gasteiger partial charge is 0.493 e. The lowest BCUT2D eigenvalue weighted by atomic mass is 10.1. The van der Waals surface area contributed by atoms with Gasteiger partial charge in [-0.15, -0.1) is 0 Å². The van der Waals surface area contributed by atoms with Crippen molar-refractivity contribution in [2.75, 3.05) is 20.8 Å². The number of fused-ring (bicyclic) bond motifs is 1. The van der Waals surface area contributed by atoms with Gasteiger partial charge >= 0.3 is 0 Å². The Labute approximate surface area is 146 Å². The van der Waals surface area contributed by atoms with Crippen LogP contribution >= 0.6 is 0 Å². The molecule has 0 saturated carbocycles. The molecule has 0 bridgehead atoms. The molecule has 0 saturated heterocycles. The van der Waals surface area contributed by atoms with Crippen LogP contribution in [0.25, 0.3) is 22.3 Å². The Hall–Kier alpha value is -3.15. The van der Waals surface area contributed by atoms with Gasteiger partial charge in [0.25, 0.3) is 6.47 Å². The van der Waals surface area contributed by atoms with Crippen molar-refractivity contribution in [1.29, 1.82) is 0 Å². The number of nitrogens with zero attached hydrogens (tertiary/aromatic N) is 2. The minimum absolute atomic E-state index is 0.431. The Morgan fingerprint density at radius 3 is 2.16 bits per heavy atom. The van der Waals surface area contributed by atoms with E-state index >= 15 is 0 Å². The van der Waals surface area contributed by atoms with Gasteiger partial charge in [-0.05, 0) is 6.92 Å². The zero-order valence-corrected chi connectivity index (χ0v) is 14.4. The second-order valence-corrected chi connectivity index (χ2v) is 4.87. The number of hydrogen-bond acceptors (Lipinski definition) is 6. The van der Waals surface area contributed by atoms with Gasteiger partial charge in [-0.1, -0.05) is 30.3 Å². The predicted molar refractivity (Wildman–Crippen MR) is 95.8 cm³/mol. The lowest BCUT2D eigenvalue weighted by Gasteiger charge is -2.09. The van der Waals surface area contributed by atoms with Crippen LogP contribution in [0.15, 0.2) is 48.7 Å². The summed E-state index contributed by atoms with van der Waals surface area (Å²) in [6.45, 7) is 2.66. The highest BCUT2D eigenvalue weighted by Crippen LogP contribution is 2.31. The van der Waals surface area contributed by atoms with Crippen LogP contribution in [0, 0.1) is 0 Å². The standard InChI is InChI=1S/C16H14N2O2.C3H6O2/c1-19-15-8-12-13(9-16(15)20-2)18-14(10-17-12)11-6-4-3-5-7-11;1-2-5-3-4/h3-10H,1-2H3;3H,2H2,1H3. The van der Waals surface area contributed by atoms with E-state index in [4.69, 9.17) is 9.47 Å². The Kier molecular flexibility index (Phi) is 6.71. The molecule has 0 atom stereocenters. The summed E-state index contributed by atoms with van der Waals surface area (Å²) in [5.41, 5.74) is 3.44. The first-order valence-electron chi connectivity index (χ1n) is 7.73. The smallest absolute Gasteiger partial charge is 0.293 e. The first kappa shape index (κ1) is 18.2. The van der Waals surface area contributed by atoms with Gasteiger partial charge in [0, 0.05) is 17.7 Å². The fourth-order valence-corrected chi connectivity index (χ4v) is 2.16. The Morgan fingerprint density at radius 1 is 1.00 bits per heavy atom. The molecule has 0 amide bonds. The highest BCUT2D eigenvalue weighted by molar-refractivity contribution is 5.81. The molecule has 0 aliphatic heterocycles. The SMILES string of the molecule is CCOC=O.COc1cc2ncc(-c3ccccc3)nc2cc1OC. The van der Waals surface area contributed by atoms with Crippen LogP contribution in [-0.4, -0.2) is 37.3 Å². The number of hydrogen-bond donors (Lipinski definition) is 0. The van der Waals surface area contributed by atoms with E-state index in [1.54, 1.807) is 27.3 Å². The molecule has 0 spiro atoms. The summed E-state index contributed by atoms with van der Waals surface area (Å²) < 4.78 is 14.7. The molecule has 130 valence electrons. The van der Waals surface area contributed by atoms with E-state index in [0.717, 1.165) is 22.3 Å². The van der Waals surface area contributed by atoms with Gasteiger partial charge < -0.3 is 14.2 Å². The molecule has 2 aromatic carbocycles. The molecule has 3 aromatic rings. The fraction of sp³-hybridized carbons (Fsp3) is 0.211. The number of carbonyl (C=O) groups excluding carboxylic acids is 1. The summed E-state index contributed by atoms with van der Waals surface area (Å²) in [6, 6.07) is 13.6. The quantitative estimate of drug-likeness (QED) is 0.662. The van der Waals surface area contributed by atoms with Crippen LogP contribution in [0.2, 0.25) is 0 Å². The van der Waals surface area contributed by atoms with Crippen LogP contribution in [0.3, 0.4) is 0 Å². The number of methoxy groups -OCH3 is 2. The second-order valence-electron chi connectivity index (χ2n) is 4.87. The van der Waals surface area contributed by atoms with Crippen molar-refractivity contribution in [1.82, 2.24) is 9.97 Å². The van der Waals surface area contributed by atoms with Crippen LogP contribution in [-0.2, 0) is 9.53 Å². The van der Waals surface area contributed by atoms with Crippen molar-refractivity contribution in [3.63, 3.8) is 0 Å². The van der Waals surface area contributed by atoms with E-state index < -0.39 is 0 Å². The fourth-order valence-electron chi connectivity index (χ4n) is 2.16. The Bertz CT molecular complexity index is 822. The maximum absolute atomic E-state index is 9.18. The minimum Gasteiger partial charge on any atom is -0.493 e. The minimum atomic E-state index is 0.431. The molecule has 3 rings (SSSR count). The zero-order valence-electron chi connectivity index (χ0n) is 14.4. The summed E-state index contributed by atoms with van der Waals surface area (Å²) in [4.78, 5) is 18.3. The maximum atomic E-state index is 9.18. The zero-order chi connectivity index (χ0) is 18.1. The van der Waals surface area contributed by atoms with Crippen molar-refractivity contribution in [3.05, 3.63) is 48.7 Å². The van der Waals surface area contributed by atoms with Gasteiger partial charge in [0.05, 0.1) is 43.8 Å². The Morgan fingerprint density at radius 2 is 1.64 bits per heavy atom. The molecule has 0 aliphatic carbocycles. The topological polar surface area (TPSA) is 70.5 Å². The first-order chi connectivity index (χ1) is 12.2. The summed E-state index contributed by atoms with van der Waals surface area (Å²) >= 11 is 0. The molecule has 0 N–H and O–H groups in total. The number of aromatic nitrogens is 2. The van der Waals surface area contributed by atoms with Gasteiger partial charge in [0.15, 0.2) is 11.5 Å². The number of benzene rings is 2. The third-order valence-electron chi connectivity index (χ3n) is 3.35. The highest BCUT2D eigenvalue weighted by atomic mass is 16.5.